The largest absolute Gasteiger partial charge is 0.378 e. The Morgan fingerprint density at radius 1 is 1.19 bits per heavy atom. The highest BCUT2D eigenvalue weighted by molar-refractivity contribution is 7.99. The predicted molar refractivity (Wildman–Crippen MR) is 121 cm³/mol. The number of carbonyl (C=O) groups excluding carboxylic acids is 1. The number of carbonyl (C=O) groups is 1. The van der Waals surface area contributed by atoms with E-state index in [1.807, 2.05) is 29.6 Å². The smallest absolute Gasteiger partial charge is 0.277 e. The second kappa shape index (κ2) is 10.2. The molecule has 12 heteroatoms. The summed E-state index contributed by atoms with van der Waals surface area (Å²) in [6, 6.07) is 11.1. The molecular weight excluding hydrogens is 476 g/mol. The number of H-pyrrole nitrogens is 1. The van der Waals surface area contributed by atoms with Gasteiger partial charge in [-0.3, -0.25) is 15.2 Å². The summed E-state index contributed by atoms with van der Waals surface area (Å²) in [6.45, 7) is 0.381. The molecule has 0 radical (unpaired) electrons. The summed E-state index contributed by atoms with van der Waals surface area (Å²) >= 11 is 10.0. The van der Waals surface area contributed by atoms with Crippen molar-refractivity contribution in [3.8, 4) is 0 Å². The van der Waals surface area contributed by atoms with Crippen LogP contribution >= 0.6 is 46.5 Å². The van der Waals surface area contributed by atoms with Crippen LogP contribution in [0.3, 0.4) is 0 Å². The molecular formula is C19H15ClN6O2S3. The van der Waals surface area contributed by atoms with Gasteiger partial charge in [-0.25, -0.2) is 15.0 Å². The van der Waals surface area contributed by atoms with Crippen molar-refractivity contribution >= 4 is 57.5 Å². The first kappa shape index (κ1) is 21.8. The molecule has 3 aromatic heterocycles. The van der Waals surface area contributed by atoms with E-state index in [1.165, 1.54) is 41.2 Å². The highest BCUT2D eigenvalue weighted by Gasteiger charge is 2.18. The summed E-state index contributed by atoms with van der Waals surface area (Å²) in [5, 5.41) is 13.6. The van der Waals surface area contributed by atoms with E-state index in [0.29, 0.717) is 31.8 Å². The van der Waals surface area contributed by atoms with Crippen molar-refractivity contribution in [3.63, 3.8) is 0 Å². The van der Waals surface area contributed by atoms with Crippen molar-refractivity contribution in [1.82, 2.24) is 25.1 Å². The second-order valence-electron chi connectivity index (χ2n) is 5.98. The van der Waals surface area contributed by atoms with Crippen molar-refractivity contribution in [2.45, 2.75) is 26.6 Å². The van der Waals surface area contributed by atoms with E-state index in [1.54, 1.807) is 19.2 Å². The van der Waals surface area contributed by atoms with E-state index in [0.717, 1.165) is 10.6 Å². The van der Waals surface area contributed by atoms with Gasteiger partial charge in [0.05, 0.1) is 12.3 Å². The van der Waals surface area contributed by atoms with Gasteiger partial charge in [0.25, 0.3) is 5.91 Å². The number of anilines is 1. The number of pyridine rings is 1. The first-order chi connectivity index (χ1) is 15.1. The topological polar surface area (TPSA) is 106 Å². The van der Waals surface area contributed by atoms with Crippen LogP contribution in [0, 0.1) is 0 Å². The fourth-order valence-electron chi connectivity index (χ4n) is 2.44. The zero-order chi connectivity index (χ0) is 21.6. The molecule has 3 heterocycles. The number of aromatic nitrogens is 5. The van der Waals surface area contributed by atoms with Crippen molar-refractivity contribution in [1.29, 1.82) is 0 Å². The third-order valence-corrected chi connectivity index (χ3v) is 6.69. The zero-order valence-electron chi connectivity index (χ0n) is 16.0. The lowest BCUT2D eigenvalue weighted by atomic mass is 10.3. The molecule has 0 saturated carbocycles. The van der Waals surface area contributed by atoms with Crippen LogP contribution in [-0.2, 0) is 11.3 Å². The van der Waals surface area contributed by atoms with Crippen molar-refractivity contribution in [3.05, 3.63) is 64.5 Å². The van der Waals surface area contributed by atoms with Gasteiger partial charge >= 0.3 is 0 Å². The van der Waals surface area contributed by atoms with Crippen LogP contribution in [0.25, 0.3) is 0 Å². The summed E-state index contributed by atoms with van der Waals surface area (Å²) in [5.74, 6) is -0.352. The van der Waals surface area contributed by atoms with Crippen LogP contribution in [0.2, 0.25) is 5.02 Å². The van der Waals surface area contributed by atoms with Gasteiger partial charge in [-0.1, -0.05) is 23.4 Å². The molecule has 0 aliphatic carbocycles. The van der Waals surface area contributed by atoms with Crippen LogP contribution in [0.1, 0.15) is 16.2 Å². The Labute approximate surface area is 195 Å². The molecule has 0 atom stereocenters. The summed E-state index contributed by atoms with van der Waals surface area (Å²) in [6.07, 6.45) is 1.42. The molecule has 1 amide bonds. The highest BCUT2D eigenvalue weighted by Crippen LogP contribution is 2.33. The first-order valence-electron chi connectivity index (χ1n) is 8.83. The van der Waals surface area contributed by atoms with E-state index < -0.39 is 0 Å². The standard InChI is InChI=1S/C19H15ClN6O2S3/c1-28-8-12-9-29-19(23-12)25-17(27)16-14(30-13-4-2-11(20)3-5-13)6-7-15(24-16)31-18-21-10-22-26-18/h2-7,9-10H,8H2,1H3,(H,21,22,26)(H,23,25,27). The molecule has 0 unspecified atom stereocenters. The first-order valence-corrected chi connectivity index (χ1v) is 11.7. The van der Waals surface area contributed by atoms with Crippen LogP contribution in [-0.4, -0.2) is 38.2 Å². The summed E-state index contributed by atoms with van der Waals surface area (Å²) < 4.78 is 5.08. The molecule has 0 spiro atoms. The lowest BCUT2D eigenvalue weighted by Gasteiger charge is -2.10. The number of amides is 1. The van der Waals surface area contributed by atoms with E-state index in [9.17, 15) is 4.79 Å². The molecule has 2 N–H and O–H groups in total. The number of rotatable bonds is 8. The molecule has 0 fully saturated rings. The average Bonchev–Trinajstić information content (AvgIpc) is 3.43. The number of nitrogens with one attached hydrogen (secondary N) is 2. The minimum Gasteiger partial charge on any atom is -0.378 e. The number of nitrogens with zero attached hydrogens (tertiary/aromatic N) is 4. The predicted octanol–water partition coefficient (Wildman–Crippen LogP) is 5.01. The fourth-order valence-corrected chi connectivity index (χ4v) is 4.82. The third-order valence-electron chi connectivity index (χ3n) is 3.75. The lowest BCUT2D eigenvalue weighted by molar-refractivity contribution is 0.101. The number of thiazole rings is 1. The molecule has 1 aromatic carbocycles. The summed E-state index contributed by atoms with van der Waals surface area (Å²) in [4.78, 5) is 27.7. The molecule has 0 aliphatic heterocycles. The number of halogens is 1. The average molecular weight is 491 g/mol. The van der Waals surface area contributed by atoms with Gasteiger partial charge in [0.1, 0.15) is 17.0 Å². The van der Waals surface area contributed by atoms with Gasteiger partial charge in [-0.2, -0.15) is 5.10 Å². The molecule has 31 heavy (non-hydrogen) atoms. The third kappa shape index (κ3) is 5.83. The molecule has 4 rings (SSSR count). The van der Waals surface area contributed by atoms with Gasteiger partial charge in [0.2, 0.25) is 0 Å². The van der Waals surface area contributed by atoms with Gasteiger partial charge < -0.3 is 4.74 Å². The monoisotopic (exact) mass is 490 g/mol. The van der Waals surface area contributed by atoms with E-state index in [2.05, 4.69) is 30.5 Å². The highest BCUT2D eigenvalue weighted by atomic mass is 35.5. The maximum atomic E-state index is 13.1. The Bertz CT molecular complexity index is 1170. The summed E-state index contributed by atoms with van der Waals surface area (Å²) in [7, 11) is 1.60. The SMILES string of the molecule is COCc1csc(NC(=O)c2nc(Sc3ncn[nH]3)ccc2Sc2ccc(Cl)cc2)n1. The minimum atomic E-state index is -0.352. The number of benzene rings is 1. The Hall–Kier alpha value is -2.44. The minimum absolute atomic E-state index is 0.285. The summed E-state index contributed by atoms with van der Waals surface area (Å²) in [5.41, 5.74) is 1.04. The number of aromatic amines is 1. The van der Waals surface area contributed by atoms with E-state index in [4.69, 9.17) is 16.3 Å². The normalized spacial score (nSPS) is 10.9. The van der Waals surface area contributed by atoms with Gasteiger partial charge in [-0.15, -0.1) is 11.3 Å². The fraction of sp³-hybridized carbons (Fsp3) is 0.105. The van der Waals surface area contributed by atoms with Crippen LogP contribution in [0.15, 0.2) is 68.1 Å². The van der Waals surface area contributed by atoms with Gasteiger partial charge in [0.15, 0.2) is 10.3 Å². The van der Waals surface area contributed by atoms with Gasteiger partial charge in [0, 0.05) is 27.3 Å². The van der Waals surface area contributed by atoms with Crippen molar-refractivity contribution in [2.24, 2.45) is 0 Å². The lowest BCUT2D eigenvalue weighted by Crippen LogP contribution is -2.15. The maximum Gasteiger partial charge on any atom is 0.277 e. The Kier molecular flexibility index (Phi) is 7.20. The Morgan fingerprint density at radius 2 is 2.03 bits per heavy atom. The molecule has 0 aliphatic rings. The number of ether oxygens (including phenoxy) is 1. The Balaban J connectivity index is 1.61. The molecule has 4 aromatic rings. The van der Waals surface area contributed by atoms with Crippen molar-refractivity contribution in [2.75, 3.05) is 12.4 Å². The molecule has 0 bridgehead atoms. The second-order valence-corrected chi connectivity index (χ2v) is 9.40. The zero-order valence-corrected chi connectivity index (χ0v) is 19.2. The van der Waals surface area contributed by atoms with Crippen LogP contribution < -0.4 is 5.32 Å². The van der Waals surface area contributed by atoms with E-state index in [-0.39, 0.29) is 11.6 Å². The van der Waals surface area contributed by atoms with Crippen molar-refractivity contribution < 1.29 is 9.53 Å². The van der Waals surface area contributed by atoms with Crippen LogP contribution in [0.5, 0.6) is 0 Å². The molecule has 0 saturated heterocycles. The number of methoxy groups -OCH3 is 1. The number of hydrogen-bond acceptors (Lipinski definition) is 9. The molecule has 158 valence electrons. The van der Waals surface area contributed by atoms with E-state index >= 15 is 0 Å². The maximum absolute atomic E-state index is 13.1. The quantitative estimate of drug-likeness (QED) is 0.355. The van der Waals surface area contributed by atoms with Crippen LogP contribution in [0.4, 0.5) is 5.13 Å². The van der Waals surface area contributed by atoms with Gasteiger partial charge in [-0.05, 0) is 48.2 Å². The molecule has 8 nitrogen and oxygen atoms in total. The Morgan fingerprint density at radius 3 is 2.77 bits per heavy atom. The number of hydrogen-bond donors (Lipinski definition) is 2.